The zero-order valence-corrected chi connectivity index (χ0v) is 23.0. The van der Waals surface area contributed by atoms with Gasteiger partial charge in [0.05, 0.1) is 18.6 Å². The van der Waals surface area contributed by atoms with Crippen molar-refractivity contribution in [2.24, 2.45) is 5.92 Å². The van der Waals surface area contributed by atoms with Crippen LogP contribution in [0.1, 0.15) is 36.1 Å². The van der Waals surface area contributed by atoms with Crippen molar-refractivity contribution in [2.45, 2.75) is 38.8 Å². The zero-order valence-electron chi connectivity index (χ0n) is 23.0. The number of carbonyl (C=O) groups excluding carboxylic acids is 1. The van der Waals surface area contributed by atoms with Crippen molar-refractivity contribution in [1.82, 2.24) is 14.4 Å². The van der Waals surface area contributed by atoms with Crippen LogP contribution in [-0.2, 0) is 29.1 Å². The van der Waals surface area contributed by atoms with Crippen molar-refractivity contribution < 1.29 is 23.8 Å². The Hall–Kier alpha value is -4.17. The Labute approximate surface area is 238 Å². The third-order valence-electron chi connectivity index (χ3n) is 8.35. The molecule has 2 aliphatic heterocycles. The van der Waals surface area contributed by atoms with Gasteiger partial charge in [0.25, 0.3) is 0 Å². The summed E-state index contributed by atoms with van der Waals surface area (Å²) in [5.74, 6) is 0.722. The molecule has 3 aromatic carbocycles. The molecule has 7 nitrogen and oxygen atoms in total. The van der Waals surface area contributed by atoms with Gasteiger partial charge in [-0.1, -0.05) is 42.5 Å². The SMILES string of the molecule is O=C(O)CC1CCN(CC(=O)N2CCc3c(n(Cc4ccc(Oc5ccccc5)cc4)c4c(F)cccc34)C2)CC1. The van der Waals surface area contributed by atoms with Crippen molar-refractivity contribution in [3.05, 3.63) is 95.4 Å². The van der Waals surface area contributed by atoms with Gasteiger partial charge in [-0.05, 0) is 79.7 Å². The van der Waals surface area contributed by atoms with Gasteiger partial charge in [-0.3, -0.25) is 14.5 Å². The molecule has 0 saturated carbocycles. The number of aromatic nitrogens is 1. The van der Waals surface area contributed by atoms with Gasteiger partial charge in [0.1, 0.15) is 17.3 Å². The smallest absolute Gasteiger partial charge is 0.303 e. The summed E-state index contributed by atoms with van der Waals surface area (Å²) in [6.07, 6.45) is 2.47. The Bertz CT molecular complexity index is 1540. The van der Waals surface area contributed by atoms with Crippen LogP contribution in [-0.4, -0.2) is 57.5 Å². The molecule has 1 fully saturated rings. The monoisotopic (exact) mass is 555 g/mol. The molecule has 0 unspecified atom stereocenters. The van der Waals surface area contributed by atoms with Gasteiger partial charge in [0.2, 0.25) is 5.91 Å². The van der Waals surface area contributed by atoms with Crippen LogP contribution in [0.5, 0.6) is 11.5 Å². The Morgan fingerprint density at radius 1 is 0.902 bits per heavy atom. The van der Waals surface area contributed by atoms with Crippen LogP contribution >= 0.6 is 0 Å². The predicted molar refractivity (Wildman–Crippen MR) is 154 cm³/mol. The molecule has 2 aliphatic rings. The number of hydrogen-bond donors (Lipinski definition) is 1. The Morgan fingerprint density at radius 2 is 1.63 bits per heavy atom. The van der Waals surface area contributed by atoms with Crippen molar-refractivity contribution >= 4 is 22.8 Å². The molecule has 0 spiro atoms. The standard InChI is InChI=1S/C33H34FN3O4/c34-29-8-4-7-28-27-15-18-36(31(38)22-35-16-13-23(14-17-35)19-32(39)40)21-30(27)37(33(28)29)20-24-9-11-26(12-10-24)41-25-5-2-1-3-6-25/h1-12,23H,13-22H2,(H,39,40). The number of carboxylic acids is 1. The van der Waals surface area contributed by atoms with E-state index in [4.69, 9.17) is 9.84 Å². The number of aliphatic carboxylic acids is 1. The number of piperidine rings is 1. The topological polar surface area (TPSA) is 75.0 Å². The fourth-order valence-electron chi connectivity index (χ4n) is 6.20. The highest BCUT2D eigenvalue weighted by atomic mass is 19.1. The number of nitrogens with zero attached hydrogens (tertiary/aromatic N) is 3. The Balaban J connectivity index is 1.19. The minimum Gasteiger partial charge on any atom is -0.481 e. The first kappa shape index (κ1) is 27.0. The normalized spacial score (nSPS) is 16.1. The number of ether oxygens (including phenoxy) is 1. The molecular formula is C33H34FN3O4. The first-order chi connectivity index (χ1) is 19.9. The maximum Gasteiger partial charge on any atom is 0.303 e. The van der Waals surface area contributed by atoms with E-state index in [1.165, 1.54) is 6.07 Å². The fraction of sp³-hybridized carbons (Fsp3) is 0.333. The molecule has 8 heteroatoms. The van der Waals surface area contributed by atoms with Crippen molar-refractivity contribution in [2.75, 3.05) is 26.2 Å². The van der Waals surface area contributed by atoms with E-state index in [0.717, 1.165) is 59.6 Å². The molecule has 1 aromatic heterocycles. The van der Waals surface area contributed by atoms with E-state index in [0.29, 0.717) is 38.1 Å². The molecular weight excluding hydrogens is 521 g/mol. The molecule has 0 aliphatic carbocycles. The minimum absolute atomic E-state index is 0.0621. The summed E-state index contributed by atoms with van der Waals surface area (Å²) in [6.45, 7) is 3.32. The number of fused-ring (bicyclic) bond motifs is 3. The van der Waals surface area contributed by atoms with Crippen molar-refractivity contribution in [3.8, 4) is 11.5 Å². The van der Waals surface area contributed by atoms with Crippen molar-refractivity contribution in [3.63, 3.8) is 0 Å². The van der Waals surface area contributed by atoms with Gasteiger partial charge in [0.15, 0.2) is 0 Å². The lowest BCUT2D eigenvalue weighted by molar-refractivity contribution is -0.139. The Kier molecular flexibility index (Phi) is 7.74. The van der Waals surface area contributed by atoms with E-state index < -0.39 is 5.97 Å². The largest absolute Gasteiger partial charge is 0.481 e. The van der Waals surface area contributed by atoms with Gasteiger partial charge in [-0.25, -0.2) is 4.39 Å². The number of carbonyl (C=O) groups is 2. The number of rotatable bonds is 8. The molecule has 0 radical (unpaired) electrons. The minimum atomic E-state index is -0.757. The van der Waals surface area contributed by atoms with Crippen LogP contribution in [0.25, 0.3) is 10.9 Å². The van der Waals surface area contributed by atoms with Gasteiger partial charge < -0.3 is 19.3 Å². The average molecular weight is 556 g/mol. The van der Waals surface area contributed by atoms with Crippen LogP contribution in [0.4, 0.5) is 4.39 Å². The van der Waals surface area contributed by atoms with Gasteiger partial charge in [0, 0.05) is 30.6 Å². The number of likely N-dealkylation sites (tertiary alicyclic amines) is 1. The summed E-state index contributed by atoms with van der Waals surface area (Å²) >= 11 is 0. The van der Waals surface area contributed by atoms with Gasteiger partial charge in [-0.15, -0.1) is 0 Å². The number of para-hydroxylation sites is 2. The summed E-state index contributed by atoms with van der Waals surface area (Å²) in [4.78, 5) is 28.4. The molecule has 6 rings (SSSR count). The summed E-state index contributed by atoms with van der Waals surface area (Å²) in [5.41, 5.74) is 3.69. The first-order valence-electron chi connectivity index (χ1n) is 14.3. The zero-order chi connectivity index (χ0) is 28.3. The van der Waals surface area contributed by atoms with Crippen LogP contribution in [0.2, 0.25) is 0 Å². The number of halogens is 1. The maximum atomic E-state index is 15.3. The second-order valence-electron chi connectivity index (χ2n) is 11.1. The molecule has 212 valence electrons. The predicted octanol–water partition coefficient (Wildman–Crippen LogP) is 5.69. The molecule has 4 aromatic rings. The summed E-state index contributed by atoms with van der Waals surface area (Å²) in [5, 5.41) is 9.99. The molecule has 0 atom stereocenters. The average Bonchev–Trinajstić information content (AvgIpc) is 3.29. The van der Waals surface area contributed by atoms with Crippen LogP contribution in [0.15, 0.2) is 72.8 Å². The first-order valence-corrected chi connectivity index (χ1v) is 14.3. The summed E-state index contributed by atoms with van der Waals surface area (Å²) < 4.78 is 23.2. The van der Waals surface area contributed by atoms with E-state index in [1.54, 1.807) is 6.07 Å². The van der Waals surface area contributed by atoms with E-state index in [1.807, 2.05) is 70.1 Å². The number of benzene rings is 3. The third-order valence-corrected chi connectivity index (χ3v) is 8.35. The van der Waals surface area contributed by atoms with E-state index in [2.05, 4.69) is 4.90 Å². The lowest BCUT2D eigenvalue weighted by Gasteiger charge is -2.34. The highest BCUT2D eigenvalue weighted by Crippen LogP contribution is 2.34. The third kappa shape index (κ3) is 5.98. The number of carboxylic acid groups (broad SMARTS) is 1. The number of amides is 1. The van der Waals surface area contributed by atoms with E-state index in [9.17, 15) is 9.59 Å². The maximum absolute atomic E-state index is 15.3. The number of hydrogen-bond acceptors (Lipinski definition) is 4. The molecule has 0 bridgehead atoms. The molecule has 41 heavy (non-hydrogen) atoms. The van der Waals surface area contributed by atoms with E-state index >= 15 is 4.39 Å². The van der Waals surface area contributed by atoms with Crippen molar-refractivity contribution in [1.29, 1.82) is 0 Å². The lowest BCUT2D eigenvalue weighted by atomic mass is 9.93. The quantitative estimate of drug-likeness (QED) is 0.302. The highest BCUT2D eigenvalue weighted by Gasteiger charge is 2.30. The highest BCUT2D eigenvalue weighted by molar-refractivity contribution is 5.87. The fourth-order valence-corrected chi connectivity index (χ4v) is 6.20. The second-order valence-corrected chi connectivity index (χ2v) is 11.1. The van der Waals surface area contributed by atoms with E-state index in [-0.39, 0.29) is 24.1 Å². The van der Waals surface area contributed by atoms with Crippen LogP contribution in [0.3, 0.4) is 0 Å². The Morgan fingerprint density at radius 3 is 2.37 bits per heavy atom. The molecule has 1 amide bonds. The van der Waals surface area contributed by atoms with Gasteiger partial charge >= 0.3 is 5.97 Å². The lowest BCUT2D eigenvalue weighted by Crippen LogP contribution is -2.45. The van der Waals surface area contributed by atoms with Crippen LogP contribution in [0, 0.1) is 11.7 Å². The second kappa shape index (κ2) is 11.7. The van der Waals surface area contributed by atoms with Gasteiger partial charge in [-0.2, -0.15) is 0 Å². The molecule has 3 heterocycles. The summed E-state index contributed by atoms with van der Waals surface area (Å²) in [7, 11) is 0. The van der Waals surface area contributed by atoms with Crippen LogP contribution < -0.4 is 4.74 Å². The molecule has 1 N–H and O–H groups in total. The molecule has 1 saturated heterocycles. The summed E-state index contributed by atoms with van der Waals surface area (Å²) in [6, 6.07) is 22.7.